The molecule has 0 aliphatic heterocycles. The van der Waals surface area contributed by atoms with Crippen LogP contribution in [0.5, 0.6) is 0 Å². The third-order valence-corrected chi connectivity index (χ3v) is 4.64. The van der Waals surface area contributed by atoms with Crippen LogP contribution in [-0.2, 0) is 0 Å². The average molecular weight is 422 g/mol. The van der Waals surface area contributed by atoms with Crippen molar-refractivity contribution in [2.45, 2.75) is 0 Å². The van der Waals surface area contributed by atoms with Crippen molar-refractivity contribution in [1.29, 1.82) is 0 Å². The summed E-state index contributed by atoms with van der Waals surface area (Å²) in [5.41, 5.74) is 0.528. The van der Waals surface area contributed by atoms with E-state index in [2.05, 4.69) is 10.3 Å². The van der Waals surface area contributed by atoms with Gasteiger partial charge in [-0.25, -0.2) is 9.78 Å². The van der Waals surface area contributed by atoms with Crippen LogP contribution in [0.25, 0.3) is 22.4 Å². The molecule has 0 saturated heterocycles. The molecule has 0 saturated carbocycles. The number of carbonyl (C=O) groups excluding carboxylic acids is 1. The number of anilines is 1. The van der Waals surface area contributed by atoms with Crippen molar-refractivity contribution in [3.05, 3.63) is 97.9 Å². The summed E-state index contributed by atoms with van der Waals surface area (Å²) in [6.45, 7) is 0. The van der Waals surface area contributed by atoms with Crippen LogP contribution in [-0.4, -0.2) is 15.8 Å². The van der Waals surface area contributed by atoms with Gasteiger partial charge in [-0.05, 0) is 36.4 Å². The first-order valence-corrected chi connectivity index (χ1v) is 9.06. The molecule has 0 atom stereocenters. The molecule has 0 bridgehead atoms. The number of halogens is 1. The first kappa shape index (κ1) is 19.3. The lowest BCUT2D eigenvalue weighted by molar-refractivity contribution is -0.384. The lowest BCUT2D eigenvalue weighted by Crippen LogP contribution is -2.13. The lowest BCUT2D eigenvalue weighted by Gasteiger charge is -2.08. The fourth-order valence-electron chi connectivity index (χ4n) is 2.87. The van der Waals surface area contributed by atoms with E-state index in [1.165, 1.54) is 12.1 Å². The normalized spacial score (nSPS) is 10.7. The van der Waals surface area contributed by atoms with Crippen molar-refractivity contribution < 1.29 is 14.1 Å². The number of amides is 1. The molecule has 1 heterocycles. The summed E-state index contributed by atoms with van der Waals surface area (Å²) >= 11 is 6.02. The Kier molecular flexibility index (Phi) is 4.99. The SMILES string of the molecule is O=C(Nc1cccc(-c2nc3ccccc3c(=O)o2)c1)c1cc([N+](=O)[O-])ccc1Cl. The topological polar surface area (TPSA) is 115 Å². The molecule has 0 unspecified atom stereocenters. The summed E-state index contributed by atoms with van der Waals surface area (Å²) in [6.07, 6.45) is 0. The van der Waals surface area contributed by atoms with Gasteiger partial charge >= 0.3 is 5.63 Å². The zero-order valence-electron chi connectivity index (χ0n) is 15.2. The molecule has 0 aliphatic rings. The first-order valence-electron chi connectivity index (χ1n) is 8.68. The summed E-state index contributed by atoms with van der Waals surface area (Å²) in [7, 11) is 0. The molecule has 9 heteroatoms. The molecule has 30 heavy (non-hydrogen) atoms. The van der Waals surface area contributed by atoms with Gasteiger partial charge in [-0.15, -0.1) is 0 Å². The molecule has 3 aromatic carbocycles. The van der Waals surface area contributed by atoms with E-state index >= 15 is 0 Å². The third-order valence-electron chi connectivity index (χ3n) is 4.31. The van der Waals surface area contributed by atoms with E-state index in [0.29, 0.717) is 22.2 Å². The predicted molar refractivity (Wildman–Crippen MR) is 112 cm³/mol. The van der Waals surface area contributed by atoms with E-state index in [4.69, 9.17) is 16.0 Å². The molecule has 0 radical (unpaired) electrons. The Balaban J connectivity index is 1.66. The summed E-state index contributed by atoms with van der Waals surface area (Å²) in [5, 5.41) is 14.0. The maximum atomic E-state index is 12.6. The van der Waals surface area contributed by atoms with Gasteiger partial charge in [0, 0.05) is 23.4 Å². The minimum atomic E-state index is -0.617. The van der Waals surface area contributed by atoms with Gasteiger partial charge in [0.25, 0.3) is 11.6 Å². The van der Waals surface area contributed by atoms with E-state index in [1.807, 2.05) is 0 Å². The number of para-hydroxylation sites is 1. The minimum Gasteiger partial charge on any atom is -0.403 e. The maximum absolute atomic E-state index is 12.6. The van der Waals surface area contributed by atoms with E-state index in [0.717, 1.165) is 6.07 Å². The van der Waals surface area contributed by atoms with Crippen LogP contribution >= 0.6 is 11.6 Å². The van der Waals surface area contributed by atoms with Crippen LogP contribution in [0.2, 0.25) is 5.02 Å². The molecule has 0 aliphatic carbocycles. The standard InChI is InChI=1S/C21H12ClN3O5/c22-17-9-8-14(25(28)29)11-16(17)19(26)23-13-5-3-4-12(10-13)20-24-18-7-2-1-6-15(18)21(27)30-20/h1-11H,(H,23,26). The van der Waals surface area contributed by atoms with Gasteiger partial charge in [0.15, 0.2) is 0 Å². The molecule has 1 aromatic heterocycles. The first-order chi connectivity index (χ1) is 14.4. The fraction of sp³-hybridized carbons (Fsp3) is 0. The third kappa shape index (κ3) is 3.76. The quantitative estimate of drug-likeness (QED) is 0.378. The summed E-state index contributed by atoms with van der Waals surface area (Å²) in [5.74, 6) is -0.517. The Bertz CT molecular complexity index is 1370. The molecule has 0 fully saturated rings. The Morgan fingerprint density at radius 2 is 1.87 bits per heavy atom. The number of carbonyl (C=O) groups is 1. The van der Waals surface area contributed by atoms with Crippen molar-refractivity contribution >= 4 is 39.8 Å². The molecule has 1 amide bonds. The average Bonchev–Trinajstić information content (AvgIpc) is 2.74. The molecule has 0 spiro atoms. The van der Waals surface area contributed by atoms with Crippen LogP contribution in [0.4, 0.5) is 11.4 Å². The number of hydrogen-bond donors (Lipinski definition) is 1. The molecule has 148 valence electrons. The second-order valence-corrected chi connectivity index (χ2v) is 6.69. The number of non-ortho nitro benzene ring substituents is 1. The number of rotatable bonds is 4. The van der Waals surface area contributed by atoms with Gasteiger partial charge in [0.1, 0.15) is 0 Å². The number of fused-ring (bicyclic) bond motifs is 1. The molecule has 8 nitrogen and oxygen atoms in total. The molecule has 4 aromatic rings. The van der Waals surface area contributed by atoms with Crippen LogP contribution in [0, 0.1) is 10.1 Å². The smallest absolute Gasteiger partial charge is 0.347 e. The van der Waals surface area contributed by atoms with Gasteiger partial charge in [-0.3, -0.25) is 14.9 Å². The zero-order chi connectivity index (χ0) is 21.3. The maximum Gasteiger partial charge on any atom is 0.347 e. The molecule has 1 N–H and O–H groups in total. The van der Waals surface area contributed by atoms with Crippen molar-refractivity contribution in [2.75, 3.05) is 5.32 Å². The highest BCUT2D eigenvalue weighted by atomic mass is 35.5. The number of benzene rings is 3. The zero-order valence-corrected chi connectivity index (χ0v) is 15.9. The highest BCUT2D eigenvalue weighted by molar-refractivity contribution is 6.34. The Hall–Kier alpha value is -4.04. The van der Waals surface area contributed by atoms with Gasteiger partial charge in [-0.2, -0.15) is 0 Å². The number of aromatic nitrogens is 1. The molecular formula is C21H12ClN3O5. The Morgan fingerprint density at radius 3 is 2.67 bits per heavy atom. The summed E-state index contributed by atoms with van der Waals surface area (Å²) in [6, 6.07) is 16.9. The van der Waals surface area contributed by atoms with Crippen LogP contribution < -0.4 is 10.9 Å². The van der Waals surface area contributed by atoms with Crippen molar-refractivity contribution in [3.8, 4) is 11.5 Å². The summed E-state index contributed by atoms with van der Waals surface area (Å²) < 4.78 is 5.31. The van der Waals surface area contributed by atoms with Crippen LogP contribution in [0.1, 0.15) is 10.4 Å². The Labute approximate surface area is 173 Å². The van der Waals surface area contributed by atoms with Crippen molar-refractivity contribution in [1.82, 2.24) is 4.98 Å². The minimum absolute atomic E-state index is 0.0355. The monoisotopic (exact) mass is 421 g/mol. The second-order valence-electron chi connectivity index (χ2n) is 6.28. The van der Waals surface area contributed by atoms with Crippen molar-refractivity contribution in [2.24, 2.45) is 0 Å². The van der Waals surface area contributed by atoms with Gasteiger partial charge < -0.3 is 9.73 Å². The van der Waals surface area contributed by atoms with Crippen LogP contribution in [0.15, 0.2) is 75.9 Å². The number of hydrogen-bond acceptors (Lipinski definition) is 6. The highest BCUT2D eigenvalue weighted by Crippen LogP contribution is 2.25. The van der Waals surface area contributed by atoms with Gasteiger partial charge in [0.05, 0.1) is 26.4 Å². The highest BCUT2D eigenvalue weighted by Gasteiger charge is 2.16. The predicted octanol–water partition coefficient (Wildman–Crippen LogP) is 4.67. The fourth-order valence-corrected chi connectivity index (χ4v) is 3.07. The van der Waals surface area contributed by atoms with Crippen molar-refractivity contribution in [3.63, 3.8) is 0 Å². The van der Waals surface area contributed by atoms with E-state index in [1.54, 1.807) is 48.5 Å². The number of nitrogens with zero attached hydrogens (tertiary/aromatic N) is 2. The molecule has 4 rings (SSSR count). The lowest BCUT2D eigenvalue weighted by atomic mass is 10.1. The van der Waals surface area contributed by atoms with Crippen LogP contribution in [0.3, 0.4) is 0 Å². The second kappa shape index (κ2) is 7.76. The van der Waals surface area contributed by atoms with E-state index < -0.39 is 16.5 Å². The Morgan fingerprint density at radius 1 is 1.07 bits per heavy atom. The van der Waals surface area contributed by atoms with E-state index in [-0.39, 0.29) is 22.2 Å². The number of nitrogens with one attached hydrogen (secondary N) is 1. The van der Waals surface area contributed by atoms with E-state index in [9.17, 15) is 19.7 Å². The van der Waals surface area contributed by atoms with Gasteiger partial charge in [-0.1, -0.05) is 29.8 Å². The summed E-state index contributed by atoms with van der Waals surface area (Å²) in [4.78, 5) is 39.5. The number of nitro benzene ring substituents is 1. The molecular weight excluding hydrogens is 410 g/mol. The largest absolute Gasteiger partial charge is 0.403 e. The van der Waals surface area contributed by atoms with Gasteiger partial charge in [0.2, 0.25) is 5.89 Å². The number of nitro groups is 1.